The molecule has 1 amide bonds. The van der Waals surface area contributed by atoms with Gasteiger partial charge in [-0.2, -0.15) is 0 Å². The third-order valence-corrected chi connectivity index (χ3v) is 8.16. The summed E-state index contributed by atoms with van der Waals surface area (Å²) in [5.41, 5.74) is 2.99. The van der Waals surface area contributed by atoms with Gasteiger partial charge < -0.3 is 20.1 Å². The Kier molecular flexibility index (Phi) is 7.58. The molecule has 0 radical (unpaired) electrons. The van der Waals surface area contributed by atoms with Crippen LogP contribution in [-0.4, -0.2) is 54.7 Å². The predicted octanol–water partition coefficient (Wildman–Crippen LogP) is 4.71. The van der Waals surface area contributed by atoms with E-state index in [1.165, 1.54) is 21.9 Å². The Morgan fingerprint density at radius 2 is 1.73 bits per heavy atom. The summed E-state index contributed by atoms with van der Waals surface area (Å²) in [5.74, 6) is -1.22. The Bertz CT molecular complexity index is 1240. The molecule has 0 spiro atoms. The third kappa shape index (κ3) is 5.27. The molecule has 194 valence electrons. The van der Waals surface area contributed by atoms with Gasteiger partial charge in [-0.25, -0.2) is 0 Å². The highest BCUT2D eigenvalue weighted by atomic mass is 16.5. The van der Waals surface area contributed by atoms with Crippen molar-refractivity contribution >= 4 is 22.6 Å². The Morgan fingerprint density at radius 3 is 2.46 bits per heavy atom. The highest BCUT2D eigenvalue weighted by Crippen LogP contribution is 2.38. The van der Waals surface area contributed by atoms with E-state index in [1.54, 1.807) is 4.90 Å². The minimum absolute atomic E-state index is 0.0488. The normalized spacial score (nSPS) is 18.4. The molecule has 1 atom stereocenters. The maximum absolute atomic E-state index is 13.5. The van der Waals surface area contributed by atoms with Gasteiger partial charge in [0.05, 0.1) is 11.3 Å². The average Bonchev–Trinajstić information content (AvgIpc) is 2.90. The summed E-state index contributed by atoms with van der Waals surface area (Å²) in [7, 11) is 0. The molecule has 6 nitrogen and oxygen atoms in total. The van der Waals surface area contributed by atoms with E-state index >= 15 is 0 Å². The molecule has 2 aliphatic heterocycles. The van der Waals surface area contributed by atoms with E-state index in [2.05, 4.69) is 79.0 Å². The number of hydrogen-bond acceptors (Lipinski definition) is 4. The van der Waals surface area contributed by atoms with Crippen LogP contribution in [0.2, 0.25) is 0 Å². The summed E-state index contributed by atoms with van der Waals surface area (Å²) in [4.78, 5) is 26.4. The van der Waals surface area contributed by atoms with Crippen LogP contribution in [0.5, 0.6) is 0 Å². The quantitative estimate of drug-likeness (QED) is 0.416. The molecule has 2 saturated heterocycles. The van der Waals surface area contributed by atoms with Crippen molar-refractivity contribution < 1.29 is 19.4 Å². The van der Waals surface area contributed by atoms with Gasteiger partial charge in [0.25, 0.3) is 0 Å². The van der Waals surface area contributed by atoms with Gasteiger partial charge in [0.2, 0.25) is 5.91 Å². The van der Waals surface area contributed by atoms with Gasteiger partial charge in [0.15, 0.2) is 0 Å². The van der Waals surface area contributed by atoms with Crippen molar-refractivity contribution in [3.63, 3.8) is 0 Å². The molecular formula is C31H36N2O4. The summed E-state index contributed by atoms with van der Waals surface area (Å²) < 4.78 is 5.58. The summed E-state index contributed by atoms with van der Waals surface area (Å²) in [5, 5.41) is 15.5. The molecule has 5 rings (SSSR count). The van der Waals surface area contributed by atoms with E-state index in [1.807, 2.05) is 0 Å². The van der Waals surface area contributed by atoms with Crippen molar-refractivity contribution in [3.05, 3.63) is 83.4 Å². The highest BCUT2D eigenvalue weighted by Gasteiger charge is 2.48. The number of nitrogens with one attached hydrogen (secondary N) is 1. The molecule has 1 unspecified atom stereocenters. The number of carboxylic acid groups (broad SMARTS) is 1. The lowest BCUT2D eigenvalue weighted by Gasteiger charge is -2.45. The van der Waals surface area contributed by atoms with Crippen LogP contribution in [0.3, 0.4) is 0 Å². The summed E-state index contributed by atoms with van der Waals surface area (Å²) in [6.45, 7) is 4.84. The van der Waals surface area contributed by atoms with Crippen LogP contribution in [0.4, 0.5) is 0 Å². The van der Waals surface area contributed by atoms with Gasteiger partial charge in [-0.1, -0.05) is 66.7 Å². The number of ether oxygens (including phenoxy) is 1. The van der Waals surface area contributed by atoms with E-state index in [0.29, 0.717) is 39.1 Å². The fourth-order valence-electron chi connectivity index (χ4n) is 5.79. The van der Waals surface area contributed by atoms with Crippen LogP contribution in [0.1, 0.15) is 48.9 Å². The Labute approximate surface area is 218 Å². The maximum atomic E-state index is 13.5. The number of carboxylic acids is 1. The zero-order valence-corrected chi connectivity index (χ0v) is 21.5. The van der Waals surface area contributed by atoms with E-state index in [-0.39, 0.29) is 11.9 Å². The maximum Gasteiger partial charge on any atom is 0.310 e. The monoisotopic (exact) mass is 500 g/mol. The number of benzene rings is 3. The first-order valence-electron chi connectivity index (χ1n) is 13.4. The largest absolute Gasteiger partial charge is 0.481 e. The molecule has 3 aromatic rings. The second-order valence-corrected chi connectivity index (χ2v) is 10.5. The first-order valence-corrected chi connectivity index (χ1v) is 13.4. The molecule has 2 aliphatic rings. The van der Waals surface area contributed by atoms with Gasteiger partial charge >= 0.3 is 5.97 Å². The number of aliphatic carboxylic acids is 1. The predicted molar refractivity (Wildman–Crippen MR) is 145 cm³/mol. The lowest BCUT2D eigenvalue weighted by Crippen LogP contribution is -2.59. The molecule has 2 heterocycles. The number of aryl methyl sites for hydroxylation is 1. The minimum atomic E-state index is -0.824. The van der Waals surface area contributed by atoms with Crippen molar-refractivity contribution in [2.45, 2.75) is 44.1 Å². The van der Waals surface area contributed by atoms with Crippen LogP contribution >= 0.6 is 0 Å². The summed E-state index contributed by atoms with van der Waals surface area (Å²) in [6.07, 6.45) is 3.26. The molecule has 0 saturated carbocycles. The number of carbonyl (C=O) groups excluding carboxylic acids is 1. The number of rotatable bonds is 9. The highest BCUT2D eigenvalue weighted by molar-refractivity contribution is 5.90. The van der Waals surface area contributed by atoms with Crippen LogP contribution < -0.4 is 5.32 Å². The zero-order valence-electron chi connectivity index (χ0n) is 21.5. The molecule has 0 bridgehead atoms. The Balaban J connectivity index is 1.18. The first-order chi connectivity index (χ1) is 18.0. The second kappa shape index (κ2) is 11.0. The molecule has 37 heavy (non-hydrogen) atoms. The van der Waals surface area contributed by atoms with Gasteiger partial charge in [0, 0.05) is 32.3 Å². The standard InChI is InChI=1S/C31H36N2O4/c1-22(27-10-4-8-24-7-2-3-9-28(24)27)32-17-5-6-23-11-13-26(14-12-23)31(15-18-37-19-16-31)30(36)33-20-25(21-33)29(34)35/h2-4,7-14,22,25,32H,5-6,15-21H2,1H3,(H,34,35). The first kappa shape index (κ1) is 25.4. The Hall–Kier alpha value is -3.22. The van der Waals surface area contributed by atoms with Crippen molar-refractivity contribution in [2.24, 2.45) is 5.92 Å². The van der Waals surface area contributed by atoms with E-state index < -0.39 is 17.3 Å². The minimum Gasteiger partial charge on any atom is -0.481 e. The number of hydrogen-bond donors (Lipinski definition) is 2. The van der Waals surface area contributed by atoms with Crippen LogP contribution in [0, 0.1) is 5.92 Å². The van der Waals surface area contributed by atoms with Gasteiger partial charge in [-0.3, -0.25) is 9.59 Å². The number of amides is 1. The van der Waals surface area contributed by atoms with Crippen LogP contribution in [0.25, 0.3) is 10.8 Å². The second-order valence-electron chi connectivity index (χ2n) is 10.5. The smallest absolute Gasteiger partial charge is 0.310 e. The average molecular weight is 501 g/mol. The van der Waals surface area contributed by atoms with Gasteiger partial charge in [-0.05, 0) is 66.6 Å². The fraction of sp³-hybridized carbons (Fsp3) is 0.419. The van der Waals surface area contributed by atoms with E-state index in [0.717, 1.165) is 24.9 Å². The molecule has 3 aromatic carbocycles. The third-order valence-electron chi connectivity index (χ3n) is 8.16. The molecule has 2 N–H and O–H groups in total. The van der Waals surface area contributed by atoms with E-state index in [9.17, 15) is 14.7 Å². The summed E-state index contributed by atoms with van der Waals surface area (Å²) in [6, 6.07) is 23.8. The van der Waals surface area contributed by atoms with Crippen LogP contribution in [-0.2, 0) is 26.2 Å². The SMILES string of the molecule is CC(NCCCc1ccc(C2(C(=O)N3CC(C(=O)O)C3)CCOCC2)cc1)c1cccc2ccccc12. The van der Waals surface area contributed by atoms with Crippen molar-refractivity contribution in [2.75, 3.05) is 32.8 Å². The number of likely N-dealkylation sites (tertiary alicyclic amines) is 1. The topological polar surface area (TPSA) is 78.9 Å². The fourth-order valence-corrected chi connectivity index (χ4v) is 5.79. The molecule has 2 fully saturated rings. The van der Waals surface area contributed by atoms with Gasteiger partial charge in [0.1, 0.15) is 0 Å². The van der Waals surface area contributed by atoms with Crippen molar-refractivity contribution in [1.29, 1.82) is 0 Å². The zero-order chi connectivity index (χ0) is 25.8. The molecule has 6 heteroatoms. The number of carbonyl (C=O) groups is 2. The lowest BCUT2D eigenvalue weighted by atomic mass is 9.72. The number of fused-ring (bicyclic) bond motifs is 1. The van der Waals surface area contributed by atoms with Crippen molar-refractivity contribution in [1.82, 2.24) is 10.2 Å². The Morgan fingerprint density at radius 1 is 1.03 bits per heavy atom. The van der Waals surface area contributed by atoms with Gasteiger partial charge in [-0.15, -0.1) is 0 Å². The van der Waals surface area contributed by atoms with Crippen molar-refractivity contribution in [3.8, 4) is 0 Å². The molecule has 0 aromatic heterocycles. The lowest BCUT2D eigenvalue weighted by molar-refractivity contribution is -0.157. The molecular weight excluding hydrogens is 464 g/mol. The number of nitrogens with zero attached hydrogens (tertiary/aromatic N) is 1. The summed E-state index contributed by atoms with van der Waals surface area (Å²) >= 11 is 0. The van der Waals surface area contributed by atoms with E-state index in [4.69, 9.17) is 4.74 Å². The molecule has 0 aliphatic carbocycles. The van der Waals surface area contributed by atoms with Crippen LogP contribution in [0.15, 0.2) is 66.7 Å².